The molecule has 0 radical (unpaired) electrons. The van der Waals surface area contributed by atoms with Crippen LogP contribution in [0.15, 0.2) is 24.3 Å². The van der Waals surface area contributed by atoms with E-state index in [9.17, 15) is 22.8 Å². The number of likely N-dealkylation sites (N-methyl/N-ethyl adjacent to an activating group) is 1. The fraction of sp³-hybridized carbons (Fsp3) is 0.385. The number of carbonyl (C=O) groups is 2. The minimum Gasteiger partial charge on any atom is -0.358 e. The van der Waals surface area contributed by atoms with Gasteiger partial charge in [-0.1, -0.05) is 18.2 Å². The zero-order valence-electron chi connectivity index (χ0n) is 10.2. The van der Waals surface area contributed by atoms with E-state index in [1.54, 1.807) is 0 Å². The minimum atomic E-state index is -4.49. The summed E-state index contributed by atoms with van der Waals surface area (Å²) in [5.41, 5.74) is -2.19. The summed E-state index contributed by atoms with van der Waals surface area (Å²) >= 11 is 0. The molecule has 102 valence electrons. The van der Waals surface area contributed by atoms with Gasteiger partial charge in [0, 0.05) is 13.5 Å². The Morgan fingerprint density at radius 1 is 1.37 bits per heavy atom. The Labute approximate surface area is 107 Å². The van der Waals surface area contributed by atoms with Crippen molar-refractivity contribution < 1.29 is 22.8 Å². The maximum Gasteiger partial charge on any atom is 0.416 e. The van der Waals surface area contributed by atoms with Gasteiger partial charge in [0.1, 0.15) is 5.41 Å². The highest BCUT2D eigenvalue weighted by atomic mass is 19.4. The third-order valence-corrected chi connectivity index (χ3v) is 3.50. The molecule has 0 heterocycles. The van der Waals surface area contributed by atoms with Gasteiger partial charge in [-0.05, 0) is 18.1 Å². The number of alkyl halides is 3. The van der Waals surface area contributed by atoms with Gasteiger partial charge in [-0.3, -0.25) is 9.59 Å². The van der Waals surface area contributed by atoms with E-state index in [2.05, 4.69) is 5.32 Å². The maximum absolute atomic E-state index is 12.7. The van der Waals surface area contributed by atoms with Crippen LogP contribution in [0.5, 0.6) is 0 Å². The summed E-state index contributed by atoms with van der Waals surface area (Å²) in [6, 6.07) is 4.41. The average Bonchev–Trinajstić information content (AvgIpc) is 2.36. The van der Waals surface area contributed by atoms with Crippen LogP contribution in [0.3, 0.4) is 0 Å². The van der Waals surface area contributed by atoms with Crippen LogP contribution in [-0.4, -0.2) is 18.7 Å². The Morgan fingerprint density at radius 2 is 2.05 bits per heavy atom. The van der Waals surface area contributed by atoms with Crippen LogP contribution in [-0.2, 0) is 21.2 Å². The van der Waals surface area contributed by atoms with Crippen molar-refractivity contribution in [3.05, 3.63) is 35.4 Å². The highest BCUT2D eigenvalue weighted by Gasteiger charge is 2.53. The molecule has 2 rings (SSSR count). The average molecular weight is 271 g/mol. The fourth-order valence-electron chi connectivity index (χ4n) is 2.33. The van der Waals surface area contributed by atoms with Gasteiger partial charge in [0.05, 0.1) is 5.56 Å². The first-order valence-corrected chi connectivity index (χ1v) is 5.75. The molecule has 0 aromatic heterocycles. The summed E-state index contributed by atoms with van der Waals surface area (Å²) in [4.78, 5) is 23.6. The predicted molar refractivity (Wildman–Crippen MR) is 61.4 cm³/mol. The molecule has 1 atom stereocenters. The fourth-order valence-corrected chi connectivity index (χ4v) is 2.33. The van der Waals surface area contributed by atoms with E-state index in [0.29, 0.717) is 0 Å². The van der Waals surface area contributed by atoms with Crippen LogP contribution in [0.25, 0.3) is 0 Å². The predicted octanol–water partition coefficient (Wildman–Crippen LogP) is 2.05. The molecule has 1 unspecified atom stereocenters. The van der Waals surface area contributed by atoms with E-state index in [4.69, 9.17) is 0 Å². The SMILES string of the molecule is CNC(=O)C1(c2cccc(C(F)(F)F)c2)CCC1=O. The lowest BCUT2D eigenvalue weighted by atomic mass is 9.62. The molecule has 1 fully saturated rings. The number of benzene rings is 1. The van der Waals surface area contributed by atoms with Crippen molar-refractivity contribution in [3.8, 4) is 0 Å². The Morgan fingerprint density at radius 3 is 2.47 bits per heavy atom. The summed E-state index contributed by atoms with van der Waals surface area (Å²) in [6.45, 7) is 0. The monoisotopic (exact) mass is 271 g/mol. The van der Waals surface area contributed by atoms with Crippen molar-refractivity contribution in [2.24, 2.45) is 0 Å². The van der Waals surface area contributed by atoms with Gasteiger partial charge in [0.25, 0.3) is 0 Å². The molecule has 0 spiro atoms. The second-order valence-electron chi connectivity index (χ2n) is 4.49. The summed E-state index contributed by atoms with van der Waals surface area (Å²) < 4.78 is 38.0. The van der Waals surface area contributed by atoms with Crippen molar-refractivity contribution in [1.82, 2.24) is 5.32 Å². The van der Waals surface area contributed by atoms with Crippen LogP contribution in [0.1, 0.15) is 24.0 Å². The van der Waals surface area contributed by atoms with E-state index in [0.717, 1.165) is 12.1 Å². The summed E-state index contributed by atoms with van der Waals surface area (Å²) in [5.74, 6) is -0.894. The van der Waals surface area contributed by atoms with Crippen molar-refractivity contribution in [2.75, 3.05) is 7.05 Å². The summed E-state index contributed by atoms with van der Waals surface area (Å²) in [5, 5.41) is 2.35. The number of rotatable bonds is 2. The molecule has 1 amide bonds. The quantitative estimate of drug-likeness (QED) is 0.837. The second-order valence-corrected chi connectivity index (χ2v) is 4.49. The molecule has 0 aliphatic heterocycles. The van der Waals surface area contributed by atoms with Gasteiger partial charge in [0.2, 0.25) is 5.91 Å². The highest BCUT2D eigenvalue weighted by molar-refractivity contribution is 6.15. The smallest absolute Gasteiger partial charge is 0.358 e. The lowest BCUT2D eigenvalue weighted by Crippen LogP contribution is -2.55. The van der Waals surface area contributed by atoms with Gasteiger partial charge in [-0.25, -0.2) is 0 Å². The highest BCUT2D eigenvalue weighted by Crippen LogP contribution is 2.42. The largest absolute Gasteiger partial charge is 0.416 e. The number of hydrogen-bond acceptors (Lipinski definition) is 2. The molecule has 1 saturated carbocycles. The molecule has 19 heavy (non-hydrogen) atoms. The first kappa shape index (κ1) is 13.6. The molecule has 1 aliphatic carbocycles. The first-order chi connectivity index (χ1) is 8.82. The Balaban J connectivity index is 2.51. The van der Waals surface area contributed by atoms with Gasteiger partial charge < -0.3 is 5.32 Å². The molecule has 3 nitrogen and oxygen atoms in total. The van der Waals surface area contributed by atoms with Crippen molar-refractivity contribution in [2.45, 2.75) is 24.4 Å². The number of Topliss-reactive ketones (excluding diaryl/α,β-unsaturated/α-hetero) is 1. The third kappa shape index (κ3) is 2.01. The number of hydrogen-bond donors (Lipinski definition) is 1. The molecular weight excluding hydrogens is 259 g/mol. The summed E-state index contributed by atoms with van der Waals surface area (Å²) in [7, 11) is 1.36. The lowest BCUT2D eigenvalue weighted by Gasteiger charge is -2.38. The Hall–Kier alpha value is -1.85. The molecular formula is C13H12F3NO2. The van der Waals surface area contributed by atoms with Gasteiger partial charge >= 0.3 is 6.18 Å². The normalized spacial score (nSPS) is 22.8. The Bertz CT molecular complexity index is 539. The topological polar surface area (TPSA) is 46.2 Å². The van der Waals surface area contributed by atoms with Crippen LogP contribution in [0.4, 0.5) is 13.2 Å². The molecule has 0 bridgehead atoms. The van der Waals surface area contributed by atoms with E-state index in [1.165, 1.54) is 19.2 Å². The molecule has 0 saturated heterocycles. The number of nitrogens with one attached hydrogen (secondary N) is 1. The zero-order valence-corrected chi connectivity index (χ0v) is 10.2. The lowest BCUT2D eigenvalue weighted by molar-refractivity contribution is -0.144. The molecule has 1 N–H and O–H groups in total. The van der Waals surface area contributed by atoms with Gasteiger partial charge in [0.15, 0.2) is 5.78 Å². The van der Waals surface area contributed by atoms with E-state index < -0.39 is 23.1 Å². The van der Waals surface area contributed by atoms with Crippen LogP contribution >= 0.6 is 0 Å². The van der Waals surface area contributed by atoms with Crippen LogP contribution in [0.2, 0.25) is 0 Å². The molecule has 1 aliphatic rings. The number of carbonyl (C=O) groups excluding carboxylic acids is 2. The third-order valence-electron chi connectivity index (χ3n) is 3.50. The number of halogens is 3. The van der Waals surface area contributed by atoms with Crippen molar-refractivity contribution in [3.63, 3.8) is 0 Å². The van der Waals surface area contributed by atoms with Crippen molar-refractivity contribution in [1.29, 1.82) is 0 Å². The Kier molecular flexibility index (Phi) is 3.12. The number of amides is 1. The maximum atomic E-state index is 12.7. The molecule has 1 aromatic rings. The first-order valence-electron chi connectivity index (χ1n) is 5.75. The minimum absolute atomic E-state index is 0.109. The van der Waals surface area contributed by atoms with E-state index in [-0.39, 0.29) is 24.2 Å². The van der Waals surface area contributed by atoms with Crippen LogP contribution in [0, 0.1) is 0 Å². The van der Waals surface area contributed by atoms with E-state index >= 15 is 0 Å². The standard InChI is InChI=1S/C13H12F3NO2/c1-17-11(19)12(6-5-10(12)18)8-3-2-4-9(7-8)13(14,15)16/h2-4,7H,5-6H2,1H3,(H,17,19). The van der Waals surface area contributed by atoms with Gasteiger partial charge in [-0.15, -0.1) is 0 Å². The van der Waals surface area contributed by atoms with E-state index in [1.807, 2.05) is 0 Å². The second kappa shape index (κ2) is 4.36. The van der Waals surface area contributed by atoms with Gasteiger partial charge in [-0.2, -0.15) is 13.2 Å². The number of ketones is 1. The summed E-state index contributed by atoms with van der Waals surface area (Å²) in [6.07, 6.45) is -4.04. The van der Waals surface area contributed by atoms with Crippen LogP contribution < -0.4 is 5.32 Å². The zero-order chi connectivity index (χ0) is 14.3. The van der Waals surface area contributed by atoms with Crippen molar-refractivity contribution >= 4 is 11.7 Å². The molecule has 6 heteroatoms. The molecule has 1 aromatic carbocycles.